The summed E-state index contributed by atoms with van der Waals surface area (Å²) in [5, 5.41) is 36.1. The van der Waals surface area contributed by atoms with E-state index in [2.05, 4.69) is 12.6 Å². The molecule has 0 bridgehead atoms. The summed E-state index contributed by atoms with van der Waals surface area (Å²) in [6, 6.07) is 0. The quantitative estimate of drug-likeness (QED) is 0.288. The van der Waals surface area contributed by atoms with Gasteiger partial charge in [-0.25, -0.2) is 0 Å². The van der Waals surface area contributed by atoms with Gasteiger partial charge in [0.05, 0.1) is 12.7 Å². The molecule has 5 nitrogen and oxygen atoms in total. The SMILES string of the molecule is OCC1O[C@@H]([S-])[C@@H](O)C(O)[C@@H]1O.[Au+]. The molecule has 2 unspecified atom stereocenters. The van der Waals surface area contributed by atoms with Gasteiger partial charge in [0.1, 0.15) is 18.3 Å². The van der Waals surface area contributed by atoms with E-state index in [4.69, 9.17) is 20.1 Å². The molecule has 1 aliphatic heterocycles. The second-order valence-electron chi connectivity index (χ2n) is 2.70. The van der Waals surface area contributed by atoms with E-state index in [9.17, 15) is 5.11 Å². The predicted molar refractivity (Wildman–Crippen MR) is 41.1 cm³/mol. The largest absolute Gasteiger partial charge is 1.00 e. The van der Waals surface area contributed by atoms with Crippen molar-refractivity contribution in [2.75, 3.05) is 6.61 Å². The summed E-state index contributed by atoms with van der Waals surface area (Å²) >= 11 is 4.63. The van der Waals surface area contributed by atoms with Crippen LogP contribution in [0.5, 0.6) is 0 Å². The minimum Gasteiger partial charge on any atom is -0.759 e. The third-order valence-corrected chi connectivity index (χ3v) is 2.24. The van der Waals surface area contributed by atoms with Crippen LogP contribution < -0.4 is 0 Å². The zero-order valence-electron chi connectivity index (χ0n) is 6.50. The van der Waals surface area contributed by atoms with E-state index in [0.717, 1.165) is 0 Å². The standard InChI is InChI=1S/C6H12O5S.Au/c7-1-2-3(8)4(9)5(10)6(12)11-2;/h2-10,12H,1H2;/q;+1/p-1/t2?,3-,4?,5+,6+;/m1./s1. The minimum absolute atomic E-state index is 0. The van der Waals surface area contributed by atoms with Crippen LogP contribution in [0.4, 0.5) is 0 Å². The second kappa shape index (κ2) is 5.69. The molecule has 0 spiro atoms. The molecular formula is C6H11AuO5S. The van der Waals surface area contributed by atoms with Crippen LogP contribution in [0.15, 0.2) is 0 Å². The fraction of sp³-hybridized carbons (Fsp3) is 1.00. The molecule has 82 valence electrons. The Labute approximate surface area is 96.6 Å². The van der Waals surface area contributed by atoms with Crippen molar-refractivity contribution in [1.29, 1.82) is 0 Å². The molecule has 1 fully saturated rings. The number of hydrogen-bond donors (Lipinski definition) is 4. The molecule has 0 saturated carbocycles. The van der Waals surface area contributed by atoms with Crippen LogP contribution in [0.2, 0.25) is 0 Å². The Morgan fingerprint density at radius 2 is 1.62 bits per heavy atom. The van der Waals surface area contributed by atoms with Gasteiger partial charge in [0.15, 0.2) is 0 Å². The average Bonchev–Trinajstić information content (AvgIpc) is 2.08. The molecule has 5 atom stereocenters. The summed E-state index contributed by atoms with van der Waals surface area (Å²) in [4.78, 5) is 0. The molecule has 0 aromatic carbocycles. The maximum absolute atomic E-state index is 9.18. The van der Waals surface area contributed by atoms with E-state index in [1.165, 1.54) is 0 Å². The molecule has 0 amide bonds. The van der Waals surface area contributed by atoms with Crippen molar-refractivity contribution in [1.82, 2.24) is 0 Å². The summed E-state index contributed by atoms with van der Waals surface area (Å²) in [5.74, 6) is 0. The number of ether oxygens (including phenoxy) is 1. The van der Waals surface area contributed by atoms with Crippen molar-refractivity contribution in [2.45, 2.75) is 29.9 Å². The minimum atomic E-state index is -1.35. The van der Waals surface area contributed by atoms with Gasteiger partial charge in [-0.2, -0.15) is 0 Å². The molecule has 4 N–H and O–H groups in total. The summed E-state index contributed by atoms with van der Waals surface area (Å²) in [6.07, 6.45) is -4.83. The van der Waals surface area contributed by atoms with Crippen LogP contribution in [0.25, 0.3) is 0 Å². The first-order valence-corrected chi connectivity index (χ1v) is 4.01. The predicted octanol–water partition coefficient (Wildman–Crippen LogP) is -2.67. The Bertz CT molecular complexity index is 155. The zero-order valence-corrected chi connectivity index (χ0v) is 9.48. The normalized spacial score (nSPS) is 45.5. The average molecular weight is 392 g/mol. The van der Waals surface area contributed by atoms with Gasteiger partial charge in [-0.3, -0.25) is 0 Å². The van der Waals surface area contributed by atoms with Gasteiger partial charge in [-0.15, -0.1) is 0 Å². The van der Waals surface area contributed by atoms with E-state index < -0.39 is 36.5 Å². The van der Waals surface area contributed by atoms with Crippen LogP contribution in [0.1, 0.15) is 0 Å². The Morgan fingerprint density at radius 3 is 2.08 bits per heavy atom. The van der Waals surface area contributed by atoms with Gasteiger partial charge >= 0.3 is 22.4 Å². The molecule has 7 heteroatoms. The monoisotopic (exact) mass is 392 g/mol. The number of hydrogen-bond acceptors (Lipinski definition) is 6. The first kappa shape index (κ1) is 13.9. The molecule has 0 aromatic rings. The van der Waals surface area contributed by atoms with Crippen molar-refractivity contribution in [2.24, 2.45) is 0 Å². The first-order chi connectivity index (χ1) is 5.57. The molecule has 13 heavy (non-hydrogen) atoms. The Morgan fingerprint density at radius 1 is 1.08 bits per heavy atom. The molecule has 0 aliphatic carbocycles. The topological polar surface area (TPSA) is 90.2 Å². The van der Waals surface area contributed by atoms with E-state index in [1.807, 2.05) is 0 Å². The van der Waals surface area contributed by atoms with Gasteiger partial charge in [0, 0.05) is 0 Å². The molecule has 1 saturated heterocycles. The van der Waals surface area contributed by atoms with E-state index in [1.54, 1.807) is 0 Å². The molecule has 1 rings (SSSR count). The fourth-order valence-corrected chi connectivity index (χ4v) is 1.37. The maximum Gasteiger partial charge on any atom is 1.00 e. The van der Waals surface area contributed by atoms with Crippen LogP contribution in [-0.4, -0.2) is 56.9 Å². The van der Waals surface area contributed by atoms with Gasteiger partial charge < -0.3 is 37.8 Å². The smallest absolute Gasteiger partial charge is 0.759 e. The summed E-state index contributed by atoms with van der Waals surface area (Å²) in [6.45, 7) is -0.432. The first-order valence-electron chi connectivity index (χ1n) is 3.54. The number of aliphatic hydroxyl groups is 4. The summed E-state index contributed by atoms with van der Waals surface area (Å²) < 4.78 is 4.84. The molecule has 1 aliphatic rings. The van der Waals surface area contributed by atoms with Crippen molar-refractivity contribution in [3.05, 3.63) is 0 Å². The molecule has 0 aromatic heterocycles. The van der Waals surface area contributed by atoms with Gasteiger partial charge in [-0.05, 0) is 5.44 Å². The van der Waals surface area contributed by atoms with Crippen molar-refractivity contribution in [3.8, 4) is 0 Å². The van der Waals surface area contributed by atoms with Crippen LogP contribution in [0.3, 0.4) is 0 Å². The molecule has 0 radical (unpaired) electrons. The summed E-state index contributed by atoms with van der Waals surface area (Å²) in [5.41, 5.74) is -0.986. The van der Waals surface area contributed by atoms with Crippen molar-refractivity contribution >= 4 is 12.6 Å². The summed E-state index contributed by atoms with van der Waals surface area (Å²) in [7, 11) is 0. The molecular weight excluding hydrogens is 381 g/mol. The molecule has 1 heterocycles. The fourth-order valence-electron chi connectivity index (χ4n) is 1.07. The third kappa shape index (κ3) is 2.92. The van der Waals surface area contributed by atoms with E-state index in [-0.39, 0.29) is 22.4 Å². The number of aliphatic hydroxyl groups excluding tert-OH is 4. The van der Waals surface area contributed by atoms with E-state index in [0.29, 0.717) is 0 Å². The second-order valence-corrected chi connectivity index (χ2v) is 3.16. The van der Waals surface area contributed by atoms with Crippen molar-refractivity contribution in [3.63, 3.8) is 0 Å². The van der Waals surface area contributed by atoms with Crippen LogP contribution in [-0.2, 0) is 39.7 Å². The maximum atomic E-state index is 9.18. The van der Waals surface area contributed by atoms with Crippen molar-refractivity contribution < 1.29 is 47.5 Å². The number of rotatable bonds is 1. The van der Waals surface area contributed by atoms with Gasteiger partial charge in [0.25, 0.3) is 0 Å². The van der Waals surface area contributed by atoms with Crippen LogP contribution >= 0.6 is 0 Å². The Hall–Kier alpha value is 0.890. The van der Waals surface area contributed by atoms with Crippen LogP contribution in [0, 0.1) is 0 Å². The van der Waals surface area contributed by atoms with E-state index >= 15 is 0 Å². The Balaban J connectivity index is 0.00000144. The van der Waals surface area contributed by atoms with Gasteiger partial charge in [0.2, 0.25) is 0 Å². The third-order valence-electron chi connectivity index (χ3n) is 1.85. The van der Waals surface area contributed by atoms with Gasteiger partial charge in [-0.1, -0.05) is 0 Å². The zero-order chi connectivity index (χ0) is 9.30. The Kier molecular flexibility index (Phi) is 6.08.